The highest BCUT2D eigenvalue weighted by atomic mass is 16.5. The van der Waals surface area contributed by atoms with Crippen LogP contribution in [0.2, 0.25) is 0 Å². The molecule has 0 atom stereocenters. The number of amides is 1. The Kier molecular flexibility index (Phi) is 6.79. The van der Waals surface area contributed by atoms with E-state index in [1.54, 1.807) is 23.6 Å². The number of imidazole rings is 1. The van der Waals surface area contributed by atoms with Crippen LogP contribution in [0.3, 0.4) is 0 Å². The van der Waals surface area contributed by atoms with E-state index in [0.717, 1.165) is 31.2 Å². The molecule has 0 unspecified atom stereocenters. The monoisotopic (exact) mass is 451 g/mol. The summed E-state index contributed by atoms with van der Waals surface area (Å²) in [4.78, 5) is 29.8. The van der Waals surface area contributed by atoms with Crippen LogP contribution in [0.25, 0.3) is 16.9 Å². The van der Waals surface area contributed by atoms with Crippen LogP contribution in [0, 0.1) is 0 Å². The lowest BCUT2D eigenvalue weighted by Gasteiger charge is -2.26. The number of rotatable bonds is 7. The van der Waals surface area contributed by atoms with Crippen LogP contribution in [-0.2, 0) is 9.53 Å². The van der Waals surface area contributed by atoms with Crippen molar-refractivity contribution in [1.82, 2.24) is 14.7 Å². The predicted molar refractivity (Wildman–Crippen MR) is 125 cm³/mol. The van der Waals surface area contributed by atoms with Gasteiger partial charge in [-0.2, -0.15) is 0 Å². The molecule has 2 aromatic heterocycles. The smallest absolute Gasteiger partial charge is 0.325 e. The summed E-state index contributed by atoms with van der Waals surface area (Å²) in [5, 5.41) is 6.25. The number of hydrogen-bond acceptors (Lipinski definition) is 7. The molecule has 1 aliphatic carbocycles. The van der Waals surface area contributed by atoms with Gasteiger partial charge in [0.1, 0.15) is 23.8 Å². The molecule has 3 aromatic rings. The number of pyridine rings is 1. The molecule has 0 bridgehead atoms. The highest BCUT2D eigenvalue weighted by Gasteiger charge is 2.24. The number of benzene rings is 1. The summed E-state index contributed by atoms with van der Waals surface area (Å²) in [5.74, 6) is 0.674. The molecule has 1 fully saturated rings. The van der Waals surface area contributed by atoms with Crippen molar-refractivity contribution in [3.05, 3.63) is 48.2 Å². The van der Waals surface area contributed by atoms with Gasteiger partial charge in [0.05, 0.1) is 19.8 Å². The Morgan fingerprint density at radius 3 is 2.67 bits per heavy atom. The lowest BCUT2D eigenvalue weighted by molar-refractivity contribution is -0.138. The summed E-state index contributed by atoms with van der Waals surface area (Å²) in [6, 6.07) is 11.3. The van der Waals surface area contributed by atoms with Gasteiger partial charge in [-0.25, -0.2) is 4.98 Å². The number of ether oxygens (including phenoxy) is 2. The molecule has 1 saturated carbocycles. The lowest BCUT2D eigenvalue weighted by atomic mass is 9.91. The van der Waals surface area contributed by atoms with Crippen molar-refractivity contribution in [3.8, 4) is 17.0 Å². The first kappa shape index (κ1) is 22.6. The van der Waals surface area contributed by atoms with Gasteiger partial charge in [-0.3, -0.25) is 14.0 Å². The summed E-state index contributed by atoms with van der Waals surface area (Å²) >= 11 is 0. The Morgan fingerprint density at radius 2 is 1.94 bits per heavy atom. The van der Waals surface area contributed by atoms with Crippen molar-refractivity contribution in [2.45, 2.75) is 37.8 Å². The predicted octanol–water partition coefficient (Wildman–Crippen LogP) is 2.59. The quantitative estimate of drug-likeness (QED) is 0.472. The fourth-order valence-electron chi connectivity index (χ4n) is 4.14. The fraction of sp³-hybridized carbons (Fsp3) is 0.375. The number of nitrogens with one attached hydrogen (secondary N) is 2. The molecule has 9 nitrogen and oxygen atoms in total. The summed E-state index contributed by atoms with van der Waals surface area (Å²) in [7, 11) is 2.93. The second kappa shape index (κ2) is 9.91. The van der Waals surface area contributed by atoms with Crippen molar-refractivity contribution in [2.24, 2.45) is 5.73 Å². The fourth-order valence-corrected chi connectivity index (χ4v) is 4.14. The Morgan fingerprint density at radius 1 is 1.15 bits per heavy atom. The molecule has 0 saturated heterocycles. The van der Waals surface area contributed by atoms with Crippen LogP contribution in [0.4, 0.5) is 5.82 Å². The summed E-state index contributed by atoms with van der Waals surface area (Å²) in [6.07, 6.45) is 5.35. The van der Waals surface area contributed by atoms with Crippen molar-refractivity contribution < 1.29 is 19.1 Å². The van der Waals surface area contributed by atoms with E-state index < -0.39 is 5.97 Å². The average molecular weight is 452 g/mol. The van der Waals surface area contributed by atoms with Crippen LogP contribution in [-0.4, -0.2) is 54.1 Å². The van der Waals surface area contributed by atoms with Crippen molar-refractivity contribution >= 4 is 23.3 Å². The number of aromatic nitrogens is 2. The highest BCUT2D eigenvalue weighted by Crippen LogP contribution is 2.32. The van der Waals surface area contributed by atoms with Gasteiger partial charge in [0, 0.05) is 23.8 Å². The van der Waals surface area contributed by atoms with E-state index in [1.165, 1.54) is 7.11 Å². The largest absolute Gasteiger partial charge is 0.497 e. The van der Waals surface area contributed by atoms with E-state index >= 15 is 0 Å². The topological polar surface area (TPSA) is 120 Å². The number of anilines is 1. The molecule has 0 aliphatic heterocycles. The zero-order chi connectivity index (χ0) is 23.4. The van der Waals surface area contributed by atoms with Gasteiger partial charge in [-0.1, -0.05) is 12.1 Å². The number of esters is 1. The van der Waals surface area contributed by atoms with Crippen molar-refractivity contribution in [1.29, 1.82) is 0 Å². The Bertz CT molecular complexity index is 1150. The van der Waals surface area contributed by atoms with Gasteiger partial charge in [0.15, 0.2) is 5.65 Å². The molecule has 0 radical (unpaired) electrons. The molecule has 0 spiro atoms. The maximum atomic E-state index is 13.2. The first-order chi connectivity index (χ1) is 16.0. The van der Waals surface area contributed by atoms with Gasteiger partial charge in [0.25, 0.3) is 5.91 Å². The zero-order valence-corrected chi connectivity index (χ0v) is 18.8. The standard InChI is InChI=1S/C24H29N5O4/c1-32-18-6-3-5-15(13-18)21-23(26-14-20(30)33-2)29-12-4-7-19(22(29)28-21)24(31)27-17-10-8-16(25)9-11-17/h3-7,12-13,16-17,26H,8-11,14,25H2,1-2H3,(H,27,31). The van der Waals surface area contributed by atoms with E-state index in [-0.39, 0.29) is 24.5 Å². The van der Waals surface area contributed by atoms with E-state index in [1.807, 2.05) is 30.5 Å². The molecule has 33 heavy (non-hydrogen) atoms. The zero-order valence-electron chi connectivity index (χ0n) is 18.8. The third-order valence-electron chi connectivity index (χ3n) is 5.97. The minimum absolute atomic E-state index is 0.0417. The normalized spacial score (nSPS) is 18.0. The number of carbonyl (C=O) groups excluding carboxylic acids is 2. The van der Waals surface area contributed by atoms with Gasteiger partial charge in [0.2, 0.25) is 0 Å². The molecule has 1 amide bonds. The van der Waals surface area contributed by atoms with E-state index in [9.17, 15) is 9.59 Å². The molecule has 174 valence electrons. The molecular weight excluding hydrogens is 422 g/mol. The maximum absolute atomic E-state index is 13.2. The second-order valence-electron chi connectivity index (χ2n) is 8.17. The van der Waals surface area contributed by atoms with Gasteiger partial charge in [-0.15, -0.1) is 0 Å². The van der Waals surface area contributed by atoms with Gasteiger partial charge in [-0.05, 0) is 49.9 Å². The van der Waals surface area contributed by atoms with Crippen LogP contribution < -0.4 is 21.1 Å². The summed E-state index contributed by atoms with van der Waals surface area (Å²) < 4.78 is 11.9. The van der Waals surface area contributed by atoms with Gasteiger partial charge < -0.3 is 25.8 Å². The van der Waals surface area contributed by atoms with Crippen molar-refractivity contribution in [2.75, 3.05) is 26.1 Å². The Labute approximate surface area is 192 Å². The first-order valence-electron chi connectivity index (χ1n) is 11.0. The van der Waals surface area contributed by atoms with Crippen molar-refractivity contribution in [3.63, 3.8) is 0 Å². The number of nitrogens with zero attached hydrogens (tertiary/aromatic N) is 2. The molecule has 1 aliphatic rings. The second-order valence-corrected chi connectivity index (χ2v) is 8.17. The average Bonchev–Trinajstić information content (AvgIpc) is 3.22. The number of nitrogens with two attached hydrogens (primary N) is 1. The molecule has 4 N–H and O–H groups in total. The van der Waals surface area contributed by atoms with Crippen LogP contribution in [0.1, 0.15) is 36.0 Å². The third kappa shape index (κ3) is 4.93. The van der Waals surface area contributed by atoms with E-state index in [0.29, 0.717) is 28.5 Å². The highest BCUT2D eigenvalue weighted by molar-refractivity contribution is 6.01. The molecular formula is C24H29N5O4. The Balaban J connectivity index is 1.73. The minimum Gasteiger partial charge on any atom is -0.497 e. The summed E-state index contributed by atoms with van der Waals surface area (Å²) in [6.45, 7) is -0.0417. The Hall–Kier alpha value is -3.59. The number of methoxy groups -OCH3 is 2. The van der Waals surface area contributed by atoms with Gasteiger partial charge >= 0.3 is 5.97 Å². The first-order valence-corrected chi connectivity index (χ1v) is 11.0. The molecule has 2 heterocycles. The number of fused-ring (bicyclic) bond motifs is 1. The maximum Gasteiger partial charge on any atom is 0.325 e. The summed E-state index contributed by atoms with van der Waals surface area (Å²) in [5.41, 5.74) is 8.34. The minimum atomic E-state index is -0.411. The van der Waals surface area contributed by atoms with Crippen LogP contribution in [0.15, 0.2) is 42.6 Å². The third-order valence-corrected chi connectivity index (χ3v) is 5.97. The van der Waals surface area contributed by atoms with E-state index in [2.05, 4.69) is 10.6 Å². The van der Waals surface area contributed by atoms with Crippen LogP contribution in [0.5, 0.6) is 5.75 Å². The SMILES string of the molecule is COC(=O)CNc1c(-c2cccc(OC)c2)nc2c(C(=O)NC3CCC(N)CC3)cccn12. The number of hydrogen-bond donors (Lipinski definition) is 3. The van der Waals surface area contributed by atoms with E-state index in [4.69, 9.17) is 20.2 Å². The molecule has 9 heteroatoms. The van der Waals surface area contributed by atoms with Crippen LogP contribution >= 0.6 is 0 Å². The molecule has 1 aromatic carbocycles. The molecule has 4 rings (SSSR count). The number of carbonyl (C=O) groups is 2. The lowest BCUT2D eigenvalue weighted by Crippen LogP contribution is -2.40.